The number of hydrogen-bond donors (Lipinski definition) is 1. The Labute approximate surface area is 47.9 Å². The van der Waals surface area contributed by atoms with Crippen LogP contribution in [0.2, 0.25) is 0 Å². The molecule has 0 amide bonds. The van der Waals surface area contributed by atoms with Gasteiger partial charge in [0.2, 0.25) is 0 Å². The zero-order valence-corrected chi connectivity index (χ0v) is 4.33. The molecule has 1 radical (unpaired) electrons. The fourth-order valence-electron chi connectivity index (χ4n) is 0.475. The van der Waals surface area contributed by atoms with Gasteiger partial charge in [0.05, 0.1) is 12.5 Å². The highest BCUT2D eigenvalue weighted by molar-refractivity contribution is 5.79. The highest BCUT2D eigenvalue weighted by Crippen LogP contribution is 2.01. The molecule has 41 valence electrons. The van der Waals surface area contributed by atoms with Gasteiger partial charge < -0.3 is 5.11 Å². The van der Waals surface area contributed by atoms with Gasteiger partial charge in [-0.15, -0.1) is 0 Å². The van der Waals surface area contributed by atoms with Crippen LogP contribution in [0.15, 0.2) is 22.9 Å². The second kappa shape index (κ2) is 2.31. The Morgan fingerprint density at radius 1 is 1.88 bits per heavy atom. The maximum absolute atomic E-state index is 8.39. The molecule has 1 aliphatic rings. The average Bonchev–Trinajstić information content (AvgIpc) is 1.90. The van der Waals surface area contributed by atoms with E-state index in [4.69, 9.17) is 5.11 Å². The number of allylic oxidation sites excluding steroid dienone is 2. The topological polar surface area (TPSA) is 32.6 Å². The number of hydrogen-bond acceptors (Lipinski definition) is 2. The van der Waals surface area contributed by atoms with Gasteiger partial charge in [-0.3, -0.25) is 4.99 Å². The van der Waals surface area contributed by atoms with Crippen molar-refractivity contribution in [2.45, 2.75) is 6.42 Å². The molecule has 1 aliphatic heterocycles. The zero-order valence-electron chi connectivity index (χ0n) is 4.33. The van der Waals surface area contributed by atoms with Crippen molar-refractivity contribution < 1.29 is 5.11 Å². The Morgan fingerprint density at radius 2 is 2.75 bits per heavy atom. The van der Waals surface area contributed by atoms with Gasteiger partial charge in [-0.2, -0.15) is 0 Å². The molecular weight excluding hydrogens is 102 g/mol. The molecule has 0 aliphatic carbocycles. The quantitative estimate of drug-likeness (QED) is 0.465. The van der Waals surface area contributed by atoms with Crippen molar-refractivity contribution in [1.82, 2.24) is 0 Å². The zero-order chi connectivity index (χ0) is 5.82. The second-order valence-corrected chi connectivity index (χ2v) is 1.50. The summed E-state index contributed by atoms with van der Waals surface area (Å²) in [4.78, 5) is 3.67. The van der Waals surface area contributed by atoms with Crippen molar-refractivity contribution in [2.75, 3.05) is 0 Å². The first-order valence-corrected chi connectivity index (χ1v) is 2.37. The van der Waals surface area contributed by atoms with Crippen molar-refractivity contribution >= 4 is 6.21 Å². The second-order valence-electron chi connectivity index (χ2n) is 1.50. The van der Waals surface area contributed by atoms with Gasteiger partial charge in [0.25, 0.3) is 0 Å². The van der Waals surface area contributed by atoms with Crippen LogP contribution in [0.1, 0.15) is 6.42 Å². The summed E-state index contributed by atoms with van der Waals surface area (Å²) in [6.45, 7) is 0. The van der Waals surface area contributed by atoms with Crippen molar-refractivity contribution in [2.24, 2.45) is 4.99 Å². The largest absolute Gasteiger partial charge is 0.515 e. The van der Waals surface area contributed by atoms with E-state index < -0.39 is 0 Å². The molecule has 0 spiro atoms. The Balaban J connectivity index is 2.66. The third-order valence-corrected chi connectivity index (χ3v) is 0.900. The molecule has 0 atom stereocenters. The summed E-state index contributed by atoms with van der Waals surface area (Å²) in [7, 11) is 0. The first kappa shape index (κ1) is 5.09. The molecular formula is C6H6NO. The molecule has 1 heterocycles. The van der Waals surface area contributed by atoms with Crippen molar-refractivity contribution in [1.29, 1.82) is 0 Å². The average molecular weight is 108 g/mol. The van der Waals surface area contributed by atoms with E-state index in [1.165, 1.54) is 0 Å². The number of aliphatic hydroxyl groups is 1. The summed E-state index contributed by atoms with van der Waals surface area (Å²) < 4.78 is 0. The molecule has 2 nitrogen and oxygen atoms in total. The van der Waals surface area contributed by atoms with E-state index in [9.17, 15) is 0 Å². The minimum absolute atomic E-state index is 0.736. The summed E-state index contributed by atoms with van der Waals surface area (Å²) in [5, 5.41) is 8.39. The number of rotatable bonds is 0. The summed E-state index contributed by atoms with van der Waals surface area (Å²) in [5.74, 6) is 0. The van der Waals surface area contributed by atoms with E-state index in [1.54, 1.807) is 12.3 Å². The molecule has 2 heteroatoms. The normalized spacial score (nSPS) is 22.2. The van der Waals surface area contributed by atoms with Crippen LogP contribution < -0.4 is 0 Å². The SMILES string of the molecule is OC=C1C=N[C]=CC1. The molecule has 1 rings (SSSR count). The van der Waals surface area contributed by atoms with Gasteiger partial charge in [0.15, 0.2) is 0 Å². The Morgan fingerprint density at radius 3 is 3.12 bits per heavy atom. The van der Waals surface area contributed by atoms with Crippen LogP contribution >= 0.6 is 0 Å². The van der Waals surface area contributed by atoms with Gasteiger partial charge in [-0.1, -0.05) is 6.08 Å². The van der Waals surface area contributed by atoms with E-state index in [-0.39, 0.29) is 0 Å². The molecule has 8 heavy (non-hydrogen) atoms. The molecule has 0 bridgehead atoms. The fourth-order valence-corrected chi connectivity index (χ4v) is 0.475. The lowest BCUT2D eigenvalue weighted by Gasteiger charge is -1.94. The van der Waals surface area contributed by atoms with Crippen molar-refractivity contribution in [3.05, 3.63) is 24.1 Å². The Bertz CT molecular complexity index is 156. The van der Waals surface area contributed by atoms with Gasteiger partial charge in [-0.25, -0.2) is 0 Å². The third-order valence-electron chi connectivity index (χ3n) is 0.900. The maximum Gasteiger partial charge on any atom is 0.0846 e. The molecule has 1 N–H and O–H groups in total. The summed E-state index contributed by atoms with van der Waals surface area (Å²) in [5.41, 5.74) is 0.823. The molecule has 0 aromatic heterocycles. The van der Waals surface area contributed by atoms with Crippen LogP contribution in [0.5, 0.6) is 0 Å². The van der Waals surface area contributed by atoms with Crippen molar-refractivity contribution in [3.63, 3.8) is 0 Å². The number of aliphatic hydroxyl groups excluding tert-OH is 1. The van der Waals surface area contributed by atoms with Gasteiger partial charge in [-0.05, 0) is 6.42 Å². The molecule has 0 saturated carbocycles. The van der Waals surface area contributed by atoms with E-state index in [0.717, 1.165) is 18.3 Å². The van der Waals surface area contributed by atoms with Gasteiger partial charge in [0, 0.05) is 11.8 Å². The smallest absolute Gasteiger partial charge is 0.0846 e. The molecule has 0 unspecified atom stereocenters. The highest BCUT2D eigenvalue weighted by atomic mass is 16.2. The lowest BCUT2D eigenvalue weighted by Crippen LogP contribution is -1.86. The van der Waals surface area contributed by atoms with Crippen LogP contribution in [-0.4, -0.2) is 11.3 Å². The van der Waals surface area contributed by atoms with E-state index in [2.05, 4.69) is 11.2 Å². The number of aliphatic imine (C=N–C) groups is 1. The predicted molar refractivity (Wildman–Crippen MR) is 31.6 cm³/mol. The van der Waals surface area contributed by atoms with Gasteiger partial charge in [0.1, 0.15) is 0 Å². The predicted octanol–water partition coefficient (Wildman–Crippen LogP) is 1.22. The first-order chi connectivity index (χ1) is 3.93. The number of nitrogens with zero attached hydrogens (tertiary/aromatic N) is 1. The minimum atomic E-state index is 0.736. The van der Waals surface area contributed by atoms with E-state index in [0.29, 0.717) is 0 Å². The highest BCUT2D eigenvalue weighted by Gasteiger charge is 1.91. The van der Waals surface area contributed by atoms with Crippen LogP contribution in [0.4, 0.5) is 0 Å². The van der Waals surface area contributed by atoms with Crippen LogP contribution in [0.3, 0.4) is 0 Å². The molecule has 0 aromatic rings. The molecule has 0 fully saturated rings. The third kappa shape index (κ3) is 0.964. The summed E-state index contributed by atoms with van der Waals surface area (Å²) in [6.07, 6.45) is 7.78. The summed E-state index contributed by atoms with van der Waals surface area (Å²) >= 11 is 0. The summed E-state index contributed by atoms with van der Waals surface area (Å²) in [6, 6.07) is 0. The standard InChI is InChI=1S/C6H6NO/c8-5-6-2-1-3-7-4-6/h1,4-5,8H,2H2. The maximum atomic E-state index is 8.39. The van der Waals surface area contributed by atoms with Crippen LogP contribution in [0, 0.1) is 6.20 Å². The van der Waals surface area contributed by atoms with Crippen LogP contribution in [-0.2, 0) is 0 Å². The van der Waals surface area contributed by atoms with E-state index >= 15 is 0 Å². The lowest BCUT2D eigenvalue weighted by atomic mass is 10.2. The van der Waals surface area contributed by atoms with Crippen LogP contribution in [0.25, 0.3) is 0 Å². The van der Waals surface area contributed by atoms with Crippen molar-refractivity contribution in [3.8, 4) is 0 Å². The first-order valence-electron chi connectivity index (χ1n) is 2.37. The molecule has 0 saturated heterocycles. The lowest BCUT2D eigenvalue weighted by molar-refractivity contribution is 0.469. The fraction of sp³-hybridized carbons (Fsp3) is 0.167. The molecule has 0 aromatic carbocycles. The van der Waals surface area contributed by atoms with Gasteiger partial charge >= 0.3 is 0 Å². The Kier molecular flexibility index (Phi) is 1.47. The van der Waals surface area contributed by atoms with E-state index in [1.807, 2.05) is 0 Å². The Hall–Kier alpha value is -1.05. The minimum Gasteiger partial charge on any atom is -0.515 e. The monoisotopic (exact) mass is 108 g/mol.